The van der Waals surface area contributed by atoms with E-state index in [0.717, 1.165) is 47.9 Å². The Labute approximate surface area is 465 Å². The highest BCUT2D eigenvalue weighted by molar-refractivity contribution is 5.90. The van der Waals surface area contributed by atoms with E-state index in [4.69, 9.17) is 18.9 Å². The normalized spacial score (nSPS) is 21.3. The van der Waals surface area contributed by atoms with Crippen molar-refractivity contribution in [1.82, 2.24) is 25.5 Å². The van der Waals surface area contributed by atoms with Gasteiger partial charge in [-0.05, 0) is 83.4 Å². The maximum atomic E-state index is 14.3. The highest BCUT2D eigenvalue weighted by Crippen LogP contribution is 2.45. The molecular formula is C64H79N5O10. The molecule has 0 bridgehead atoms. The highest BCUT2D eigenvalue weighted by atomic mass is 16.6. The fourth-order valence-electron chi connectivity index (χ4n) is 10.4. The maximum Gasteiger partial charge on any atom is 0.408 e. The molecule has 0 spiro atoms. The van der Waals surface area contributed by atoms with Crippen molar-refractivity contribution in [1.29, 1.82) is 0 Å². The van der Waals surface area contributed by atoms with Crippen LogP contribution < -0.4 is 15.4 Å². The molecule has 5 aromatic rings. The Morgan fingerprint density at radius 1 is 0.873 bits per heavy atom. The van der Waals surface area contributed by atoms with E-state index in [0.29, 0.717) is 48.8 Å². The summed E-state index contributed by atoms with van der Waals surface area (Å²) >= 11 is 0. The Balaban J connectivity index is 0.000000264. The molecule has 0 unspecified atom stereocenters. The molecule has 15 nitrogen and oxygen atoms in total. The number of rotatable bonds is 22. The van der Waals surface area contributed by atoms with E-state index in [1.807, 2.05) is 129 Å². The van der Waals surface area contributed by atoms with Crippen molar-refractivity contribution < 1.29 is 48.0 Å². The van der Waals surface area contributed by atoms with Crippen molar-refractivity contribution in [2.24, 2.45) is 29.6 Å². The number of nitrogens with zero attached hydrogens (tertiary/aromatic N) is 2. The van der Waals surface area contributed by atoms with Gasteiger partial charge in [0.25, 0.3) is 0 Å². The summed E-state index contributed by atoms with van der Waals surface area (Å²) in [6, 6.07) is 35.4. The van der Waals surface area contributed by atoms with Gasteiger partial charge in [-0.1, -0.05) is 163 Å². The predicted molar refractivity (Wildman–Crippen MR) is 302 cm³/mol. The molecule has 1 aliphatic heterocycles. The maximum absolute atomic E-state index is 14.3. The molecule has 2 heterocycles. The number of carbonyl (C=O) groups excluding carboxylic acids is 5. The third-order valence-electron chi connectivity index (χ3n) is 15.2. The topological polar surface area (TPSA) is 198 Å². The minimum absolute atomic E-state index is 0.0413. The number of hydrogen-bond acceptors (Lipinski definition) is 11. The first kappa shape index (κ1) is 59.1. The average Bonchev–Trinajstić information content (AvgIpc) is 3.97. The number of allylic oxidation sites excluding steroid dienone is 3. The number of fused-ring (bicyclic) bond motifs is 1. The number of imidazole rings is 1. The van der Waals surface area contributed by atoms with Crippen LogP contribution >= 0.6 is 0 Å². The van der Waals surface area contributed by atoms with Crippen LogP contribution in [0.15, 0.2) is 152 Å². The van der Waals surface area contributed by atoms with E-state index in [2.05, 4.69) is 66.5 Å². The molecular weight excluding hydrogens is 999 g/mol. The van der Waals surface area contributed by atoms with E-state index >= 15 is 0 Å². The summed E-state index contributed by atoms with van der Waals surface area (Å²) in [4.78, 5) is 73.5. The Kier molecular flexibility index (Phi) is 21.6. The fourth-order valence-corrected chi connectivity index (χ4v) is 10.4. The van der Waals surface area contributed by atoms with Crippen LogP contribution in [-0.4, -0.2) is 87.3 Å². The lowest BCUT2D eigenvalue weighted by atomic mass is 9.65. The minimum atomic E-state index is -1.04. The number of cyclic esters (lactones) is 1. The number of aliphatic hydroxyl groups is 1. The van der Waals surface area contributed by atoms with Gasteiger partial charge in [-0.3, -0.25) is 19.2 Å². The van der Waals surface area contributed by atoms with Gasteiger partial charge in [0.2, 0.25) is 11.8 Å². The summed E-state index contributed by atoms with van der Waals surface area (Å²) in [5.41, 5.74) is 5.31. The number of aromatic nitrogens is 2. The molecule has 79 heavy (non-hydrogen) atoms. The van der Waals surface area contributed by atoms with E-state index in [1.165, 1.54) is 16.8 Å². The van der Waals surface area contributed by atoms with Crippen LogP contribution in [0.5, 0.6) is 5.75 Å². The standard InChI is InChI=1S/C40H43N5O5.C24H36O5/c1-40(2,33-16-10-5-11-17-33)28-42-37(46)25-45(24-30-18-20-35(21-19-30)49-26-31-12-6-3-7-13-31)38(47)36(22-34-23-41-29-43-34)44-39(48)50-27-32-14-8-4-9-15-32;1-5-15(3)24(27)29-21-11-14(2)10-17-7-6-16(4)20(23(17)21)9-8-19-12-18(25)13-22(26)28-19/h3-21,23,29,36H,22,24-28H2,1-2H3,(H,41,43)(H,42,46)(H,44,48);6-7,10,14-16,18-21,23,25H,5,8-9,11-13H2,1-4H3/t36-;14-,15-,16-,18+,19+,20-,21-,23-/m00/s1. The molecule has 420 valence electrons. The third-order valence-corrected chi connectivity index (χ3v) is 15.2. The van der Waals surface area contributed by atoms with Crippen LogP contribution in [0, 0.1) is 29.6 Å². The van der Waals surface area contributed by atoms with Gasteiger partial charge in [-0.2, -0.15) is 0 Å². The van der Waals surface area contributed by atoms with Crippen molar-refractivity contribution in [3.05, 3.63) is 180 Å². The van der Waals surface area contributed by atoms with Crippen LogP contribution in [0.4, 0.5) is 4.79 Å². The second kappa shape index (κ2) is 28.9. The predicted octanol–water partition coefficient (Wildman–Crippen LogP) is 10.1. The quantitative estimate of drug-likeness (QED) is 0.0380. The van der Waals surface area contributed by atoms with E-state index in [9.17, 15) is 29.1 Å². The Morgan fingerprint density at radius 2 is 1.54 bits per heavy atom. The summed E-state index contributed by atoms with van der Waals surface area (Å²) in [6.45, 7) is 13.2. The zero-order valence-corrected chi connectivity index (χ0v) is 46.6. The second-order valence-electron chi connectivity index (χ2n) is 22.0. The second-order valence-corrected chi connectivity index (χ2v) is 22.0. The van der Waals surface area contributed by atoms with Crippen LogP contribution in [0.1, 0.15) is 108 Å². The molecule has 0 radical (unpaired) electrons. The number of ether oxygens (including phenoxy) is 4. The number of aliphatic hydroxyl groups excluding tert-OH is 1. The number of amides is 3. The number of benzene rings is 4. The zero-order chi connectivity index (χ0) is 56.3. The van der Waals surface area contributed by atoms with Gasteiger partial charge >= 0.3 is 18.0 Å². The fraction of sp³-hybridized carbons (Fsp3) is 0.438. The van der Waals surface area contributed by atoms with Gasteiger partial charge in [0.15, 0.2) is 0 Å². The van der Waals surface area contributed by atoms with E-state index in [1.54, 1.807) is 6.20 Å². The molecule has 0 saturated carbocycles. The summed E-state index contributed by atoms with van der Waals surface area (Å²) in [6.07, 6.45) is 12.2. The number of alkyl carbamates (subject to hydrolysis) is 1. The van der Waals surface area contributed by atoms with Crippen molar-refractivity contribution in [3.8, 4) is 5.75 Å². The lowest BCUT2D eigenvalue weighted by molar-refractivity contribution is -0.162. The molecule has 2 aliphatic carbocycles. The Morgan fingerprint density at radius 3 is 2.19 bits per heavy atom. The monoisotopic (exact) mass is 1080 g/mol. The highest BCUT2D eigenvalue weighted by Gasteiger charge is 2.42. The number of aromatic amines is 1. The summed E-state index contributed by atoms with van der Waals surface area (Å²) in [5, 5.41) is 15.6. The Hall–Kier alpha value is -7.52. The SMILES string of the molecule is CC(C)(CNC(=O)CN(Cc1ccc(OCc2ccccc2)cc1)C(=O)[C@H](Cc1cnc[nH]1)NC(=O)OCc1ccccc1)c1ccccc1.CC[C@H](C)C(=O)O[C@H]1C[C@@H](C)C=C2C=C[C@H](C)[C@H](CC[C@@H]3C[C@@H](O)CC(=O)O3)[C@H]21. The van der Waals surface area contributed by atoms with Gasteiger partial charge in [0.1, 0.15) is 37.2 Å². The molecule has 1 saturated heterocycles. The van der Waals surface area contributed by atoms with Gasteiger partial charge in [0, 0.05) is 49.2 Å². The van der Waals surface area contributed by atoms with Gasteiger partial charge in [0.05, 0.1) is 31.3 Å². The molecule has 9 atom stereocenters. The van der Waals surface area contributed by atoms with E-state index < -0.39 is 24.1 Å². The Bertz CT molecular complexity index is 2790. The lowest BCUT2D eigenvalue weighted by Gasteiger charge is -2.43. The van der Waals surface area contributed by atoms with Crippen molar-refractivity contribution in [2.75, 3.05) is 13.1 Å². The molecule has 4 N–H and O–H groups in total. The van der Waals surface area contributed by atoms with E-state index in [-0.39, 0.29) is 79.8 Å². The molecule has 8 rings (SSSR count). The minimum Gasteiger partial charge on any atom is -0.489 e. The summed E-state index contributed by atoms with van der Waals surface area (Å²) in [7, 11) is 0. The van der Waals surface area contributed by atoms with Crippen LogP contribution in [0.2, 0.25) is 0 Å². The van der Waals surface area contributed by atoms with Gasteiger partial charge in [-0.25, -0.2) is 9.78 Å². The molecule has 1 aromatic heterocycles. The van der Waals surface area contributed by atoms with Gasteiger partial charge < -0.3 is 44.6 Å². The lowest BCUT2D eigenvalue weighted by Crippen LogP contribution is -2.52. The molecule has 4 aromatic carbocycles. The average molecular weight is 1080 g/mol. The smallest absolute Gasteiger partial charge is 0.408 e. The van der Waals surface area contributed by atoms with Crippen LogP contribution in [-0.2, 0) is 65.0 Å². The van der Waals surface area contributed by atoms with Crippen LogP contribution in [0.25, 0.3) is 0 Å². The number of esters is 2. The van der Waals surface area contributed by atoms with Gasteiger partial charge in [-0.15, -0.1) is 0 Å². The molecule has 3 aliphatic rings. The number of H-pyrrole nitrogens is 1. The third kappa shape index (κ3) is 18.0. The number of hydrogen-bond donors (Lipinski definition) is 4. The van der Waals surface area contributed by atoms with Crippen molar-refractivity contribution in [3.63, 3.8) is 0 Å². The first-order chi connectivity index (χ1) is 38.0. The first-order valence-corrected chi connectivity index (χ1v) is 27.8. The largest absolute Gasteiger partial charge is 0.489 e. The van der Waals surface area contributed by atoms with Crippen molar-refractivity contribution >= 4 is 29.8 Å². The van der Waals surface area contributed by atoms with Crippen LogP contribution in [0.3, 0.4) is 0 Å². The molecule has 3 amide bonds. The molecule has 1 fully saturated rings. The number of carbonyl (C=O) groups is 5. The summed E-state index contributed by atoms with van der Waals surface area (Å²) in [5.74, 6) is 0.664. The first-order valence-electron chi connectivity index (χ1n) is 27.8. The van der Waals surface area contributed by atoms with Crippen molar-refractivity contribution in [2.45, 2.75) is 136 Å². The molecule has 15 heteroatoms. The zero-order valence-electron chi connectivity index (χ0n) is 46.6. The number of nitrogens with one attached hydrogen (secondary N) is 3. The summed E-state index contributed by atoms with van der Waals surface area (Å²) < 4.78 is 22.9.